The van der Waals surface area contributed by atoms with E-state index in [-0.39, 0.29) is 5.91 Å². The normalized spacial score (nSPS) is 23.9. The number of fused-ring (bicyclic) bond motifs is 1. The fourth-order valence-electron chi connectivity index (χ4n) is 4.17. The Kier molecular flexibility index (Phi) is 6.12. The van der Waals surface area contributed by atoms with Crippen molar-refractivity contribution in [1.29, 1.82) is 0 Å². The third kappa shape index (κ3) is 4.06. The molecule has 0 bridgehead atoms. The number of rotatable bonds is 6. The summed E-state index contributed by atoms with van der Waals surface area (Å²) in [6, 6.07) is 4.14. The maximum absolute atomic E-state index is 12.6. The lowest BCUT2D eigenvalue weighted by Gasteiger charge is -2.47. The second kappa shape index (κ2) is 8.32. The molecular formula is C19H29N3O2S. The van der Waals surface area contributed by atoms with Crippen LogP contribution in [0.4, 0.5) is 0 Å². The van der Waals surface area contributed by atoms with Crippen LogP contribution in [0.3, 0.4) is 0 Å². The molecule has 1 aromatic heterocycles. The summed E-state index contributed by atoms with van der Waals surface area (Å²) in [6.45, 7) is 9.69. The van der Waals surface area contributed by atoms with E-state index in [0.29, 0.717) is 24.3 Å². The zero-order valence-electron chi connectivity index (χ0n) is 15.3. The van der Waals surface area contributed by atoms with E-state index in [2.05, 4.69) is 23.6 Å². The van der Waals surface area contributed by atoms with Crippen LogP contribution >= 0.6 is 11.3 Å². The quantitative estimate of drug-likeness (QED) is 0.780. The molecule has 3 heterocycles. The number of nitrogens with zero attached hydrogens (tertiary/aromatic N) is 3. The van der Waals surface area contributed by atoms with E-state index in [4.69, 9.17) is 0 Å². The van der Waals surface area contributed by atoms with Crippen LogP contribution in [0.5, 0.6) is 0 Å². The van der Waals surface area contributed by atoms with Crippen LogP contribution in [0.25, 0.3) is 0 Å². The lowest BCUT2D eigenvalue weighted by molar-refractivity contribution is -0.140. The molecule has 0 spiro atoms. The highest BCUT2D eigenvalue weighted by Crippen LogP contribution is 2.32. The smallest absolute Gasteiger partial charge is 0.263 e. The molecule has 138 valence electrons. The minimum atomic E-state index is 0.153. The van der Waals surface area contributed by atoms with Crippen molar-refractivity contribution in [3.8, 4) is 0 Å². The van der Waals surface area contributed by atoms with E-state index in [0.717, 1.165) is 57.0 Å². The van der Waals surface area contributed by atoms with Gasteiger partial charge < -0.3 is 14.7 Å². The summed E-state index contributed by atoms with van der Waals surface area (Å²) in [5.74, 6) is 0.874. The van der Waals surface area contributed by atoms with Gasteiger partial charge in [-0.1, -0.05) is 19.9 Å². The molecular weight excluding hydrogens is 334 g/mol. The summed E-state index contributed by atoms with van der Waals surface area (Å²) in [6.07, 6.45) is 2.45. The topological polar surface area (TPSA) is 43.9 Å². The Morgan fingerprint density at radius 2 is 2.12 bits per heavy atom. The molecule has 2 saturated heterocycles. The molecule has 5 nitrogen and oxygen atoms in total. The summed E-state index contributed by atoms with van der Waals surface area (Å²) in [4.78, 5) is 32.4. The van der Waals surface area contributed by atoms with E-state index in [1.165, 1.54) is 11.3 Å². The number of likely N-dealkylation sites (N-methyl/N-ethyl adjacent to an activating group) is 1. The second-order valence-corrected chi connectivity index (χ2v) is 7.94. The second-order valence-electron chi connectivity index (χ2n) is 7.00. The predicted octanol–water partition coefficient (Wildman–Crippen LogP) is 2.54. The average molecular weight is 364 g/mol. The van der Waals surface area contributed by atoms with Crippen molar-refractivity contribution in [3.05, 3.63) is 22.4 Å². The molecule has 0 saturated carbocycles. The average Bonchev–Trinajstić information content (AvgIpc) is 3.17. The summed E-state index contributed by atoms with van der Waals surface area (Å²) in [5.41, 5.74) is 0. The molecule has 0 aliphatic carbocycles. The van der Waals surface area contributed by atoms with Gasteiger partial charge in [-0.05, 0) is 43.3 Å². The molecule has 2 aliphatic rings. The first kappa shape index (κ1) is 18.4. The number of thiophene rings is 1. The molecule has 0 radical (unpaired) electrons. The molecule has 1 aromatic rings. The number of hydrogen-bond acceptors (Lipinski definition) is 4. The van der Waals surface area contributed by atoms with Crippen LogP contribution in [0.2, 0.25) is 0 Å². The number of likely N-dealkylation sites (tertiary alicyclic amines) is 2. The van der Waals surface area contributed by atoms with E-state index in [1.807, 2.05) is 22.4 Å². The van der Waals surface area contributed by atoms with Gasteiger partial charge in [-0.25, -0.2) is 0 Å². The molecule has 0 aromatic carbocycles. The number of amides is 2. The molecule has 2 fully saturated rings. The molecule has 0 unspecified atom stereocenters. The maximum Gasteiger partial charge on any atom is 0.263 e. The lowest BCUT2D eigenvalue weighted by atomic mass is 9.83. The first-order valence-corrected chi connectivity index (χ1v) is 10.4. The Morgan fingerprint density at radius 1 is 1.32 bits per heavy atom. The first-order chi connectivity index (χ1) is 12.1. The largest absolute Gasteiger partial charge is 0.338 e. The van der Waals surface area contributed by atoms with E-state index in [9.17, 15) is 9.59 Å². The molecule has 0 N–H and O–H groups in total. The summed E-state index contributed by atoms with van der Waals surface area (Å²) in [7, 11) is 0. The Morgan fingerprint density at radius 3 is 2.80 bits per heavy atom. The minimum absolute atomic E-state index is 0.153. The van der Waals surface area contributed by atoms with E-state index >= 15 is 0 Å². The molecule has 3 rings (SSSR count). The zero-order valence-corrected chi connectivity index (χ0v) is 16.1. The van der Waals surface area contributed by atoms with Crippen molar-refractivity contribution in [2.24, 2.45) is 5.92 Å². The first-order valence-electron chi connectivity index (χ1n) is 9.48. The van der Waals surface area contributed by atoms with Crippen molar-refractivity contribution >= 4 is 23.2 Å². The van der Waals surface area contributed by atoms with Gasteiger partial charge in [-0.15, -0.1) is 11.3 Å². The van der Waals surface area contributed by atoms with Gasteiger partial charge in [0.05, 0.1) is 4.88 Å². The van der Waals surface area contributed by atoms with E-state index in [1.54, 1.807) is 0 Å². The van der Waals surface area contributed by atoms with Crippen LogP contribution in [-0.2, 0) is 4.79 Å². The highest BCUT2D eigenvalue weighted by atomic mass is 32.1. The van der Waals surface area contributed by atoms with Gasteiger partial charge in [-0.3, -0.25) is 9.59 Å². The maximum atomic E-state index is 12.6. The Labute approximate surface area is 154 Å². The Hall–Kier alpha value is -1.40. The standard InChI is InChI=1S/C19H29N3O2S/c1-3-20(4-2)11-12-22-16-9-10-21(14-15(16)7-8-18(22)23)19(24)17-6-5-13-25-17/h5-6,13,15-16H,3-4,7-12,14H2,1-2H3/t15-,16+/m0/s1. The number of carbonyl (C=O) groups excluding carboxylic acids is 2. The number of piperidine rings is 2. The van der Waals surface area contributed by atoms with Gasteiger partial charge in [0.15, 0.2) is 0 Å². The van der Waals surface area contributed by atoms with Crippen molar-refractivity contribution in [2.45, 2.75) is 39.2 Å². The van der Waals surface area contributed by atoms with Crippen molar-refractivity contribution in [2.75, 3.05) is 39.3 Å². The molecule has 25 heavy (non-hydrogen) atoms. The summed E-state index contributed by atoms with van der Waals surface area (Å²) in [5, 5.41) is 1.95. The SMILES string of the molecule is CCN(CC)CCN1C(=O)CC[C@H]2CN(C(=O)c3cccs3)CC[C@H]21. The molecule has 6 heteroatoms. The van der Waals surface area contributed by atoms with Gasteiger partial charge in [0.1, 0.15) is 0 Å². The van der Waals surface area contributed by atoms with E-state index < -0.39 is 0 Å². The Balaban J connectivity index is 1.62. The van der Waals surface area contributed by atoms with Crippen molar-refractivity contribution in [1.82, 2.24) is 14.7 Å². The number of carbonyl (C=O) groups is 2. The van der Waals surface area contributed by atoms with Crippen LogP contribution in [-0.4, -0.2) is 71.8 Å². The van der Waals surface area contributed by atoms with Gasteiger partial charge >= 0.3 is 0 Å². The molecule has 2 amide bonds. The third-order valence-corrected chi connectivity index (χ3v) is 6.57. The summed E-state index contributed by atoms with van der Waals surface area (Å²) >= 11 is 1.51. The van der Waals surface area contributed by atoms with Crippen molar-refractivity contribution in [3.63, 3.8) is 0 Å². The Bertz CT molecular complexity index is 585. The zero-order chi connectivity index (χ0) is 17.8. The van der Waals surface area contributed by atoms with Crippen LogP contribution < -0.4 is 0 Å². The van der Waals surface area contributed by atoms with Gasteiger partial charge in [-0.2, -0.15) is 0 Å². The molecule has 2 aliphatic heterocycles. The molecule has 2 atom stereocenters. The number of hydrogen-bond donors (Lipinski definition) is 0. The van der Waals surface area contributed by atoms with Crippen LogP contribution in [0.15, 0.2) is 17.5 Å². The fraction of sp³-hybridized carbons (Fsp3) is 0.684. The highest BCUT2D eigenvalue weighted by molar-refractivity contribution is 7.12. The summed E-state index contributed by atoms with van der Waals surface area (Å²) < 4.78 is 0. The van der Waals surface area contributed by atoms with Crippen LogP contribution in [0, 0.1) is 5.92 Å². The lowest BCUT2D eigenvalue weighted by Crippen LogP contribution is -2.58. The van der Waals surface area contributed by atoms with Gasteiger partial charge in [0.25, 0.3) is 5.91 Å². The minimum Gasteiger partial charge on any atom is -0.338 e. The van der Waals surface area contributed by atoms with Gasteiger partial charge in [0, 0.05) is 38.6 Å². The van der Waals surface area contributed by atoms with Crippen molar-refractivity contribution < 1.29 is 9.59 Å². The highest BCUT2D eigenvalue weighted by Gasteiger charge is 2.40. The van der Waals surface area contributed by atoms with Gasteiger partial charge in [0.2, 0.25) is 5.91 Å². The predicted molar refractivity (Wildman–Crippen MR) is 101 cm³/mol. The third-order valence-electron chi connectivity index (χ3n) is 5.71. The van der Waals surface area contributed by atoms with Crippen LogP contribution in [0.1, 0.15) is 42.8 Å². The monoisotopic (exact) mass is 363 g/mol. The fourth-order valence-corrected chi connectivity index (χ4v) is 4.86.